The third-order valence-corrected chi connectivity index (χ3v) is 6.42. The van der Waals surface area contributed by atoms with Gasteiger partial charge in [-0.15, -0.1) is 0 Å². The van der Waals surface area contributed by atoms with Crippen LogP contribution in [-0.4, -0.2) is 33.2 Å². The Morgan fingerprint density at radius 1 is 1.11 bits per heavy atom. The van der Waals surface area contributed by atoms with E-state index in [1.807, 2.05) is 36.0 Å². The van der Waals surface area contributed by atoms with Crippen LogP contribution in [0.4, 0.5) is 11.5 Å². The van der Waals surface area contributed by atoms with Gasteiger partial charge in [-0.2, -0.15) is 5.10 Å². The van der Waals surface area contributed by atoms with Crippen molar-refractivity contribution in [2.24, 2.45) is 7.05 Å². The highest BCUT2D eigenvalue weighted by Gasteiger charge is 2.37. The summed E-state index contributed by atoms with van der Waals surface area (Å²) >= 11 is 0. The first-order chi connectivity index (χ1) is 13.5. The normalized spacial score (nSPS) is 22.0. The van der Waals surface area contributed by atoms with E-state index in [-0.39, 0.29) is 0 Å². The zero-order valence-corrected chi connectivity index (χ0v) is 16.1. The molecule has 28 heavy (non-hydrogen) atoms. The largest absolute Gasteiger partial charge is 0.399 e. The third-order valence-electron chi connectivity index (χ3n) is 6.42. The Kier molecular flexibility index (Phi) is 3.82. The van der Waals surface area contributed by atoms with E-state index in [2.05, 4.69) is 22.1 Å². The summed E-state index contributed by atoms with van der Waals surface area (Å²) in [4.78, 5) is 14.1. The van der Waals surface area contributed by atoms with Crippen LogP contribution in [0.3, 0.4) is 0 Å². The highest BCUT2D eigenvalue weighted by molar-refractivity contribution is 6.02. The maximum atomic E-state index is 12.0. The molecule has 2 fully saturated rings. The van der Waals surface area contributed by atoms with Crippen molar-refractivity contribution in [3.05, 3.63) is 42.0 Å². The fourth-order valence-electron chi connectivity index (χ4n) is 4.95. The van der Waals surface area contributed by atoms with Gasteiger partial charge in [-0.05, 0) is 66.1 Å². The van der Waals surface area contributed by atoms with Gasteiger partial charge in [-0.1, -0.05) is 12.1 Å². The van der Waals surface area contributed by atoms with Crippen molar-refractivity contribution in [2.75, 3.05) is 18.0 Å². The second-order valence-electron chi connectivity index (χ2n) is 8.09. The van der Waals surface area contributed by atoms with Gasteiger partial charge in [-0.25, -0.2) is 0 Å². The minimum atomic E-state index is 0.320. The molecule has 2 saturated heterocycles. The Bertz CT molecular complexity index is 1070. The lowest BCUT2D eigenvalue weighted by Crippen LogP contribution is -2.39. The van der Waals surface area contributed by atoms with Crippen molar-refractivity contribution >= 4 is 28.3 Å². The number of piperidine rings is 1. The molecule has 3 aromatic rings. The van der Waals surface area contributed by atoms with Gasteiger partial charge in [-0.3, -0.25) is 9.48 Å². The summed E-state index contributed by atoms with van der Waals surface area (Å²) in [6.07, 6.45) is 3.72. The van der Waals surface area contributed by atoms with E-state index < -0.39 is 0 Å². The standard InChI is InChI=1S/C22H25N5O/c1-26-19-12-15(14-8-9-27-17(10-14)6-7-20(27)28)11-18(21(19)22(24)25-26)13-2-4-16(23)5-3-13/h2-5,11-12,14,17H,6-10,23H2,1H3,(H2,24,25)/t14-,17+/m1/s1. The number of carbonyl (C=O) groups excluding carboxylic acids is 1. The SMILES string of the molecule is Cn1nc(N)c2c(-c3ccc(N)cc3)cc([C@@H]3CCN4C(=O)CC[C@H]4C3)cc21. The van der Waals surface area contributed by atoms with Crippen molar-refractivity contribution in [3.63, 3.8) is 0 Å². The number of rotatable bonds is 2. The number of aromatic nitrogens is 2. The number of amides is 1. The van der Waals surface area contributed by atoms with Crippen molar-refractivity contribution in [1.29, 1.82) is 0 Å². The van der Waals surface area contributed by atoms with Gasteiger partial charge in [0.1, 0.15) is 0 Å². The molecule has 0 radical (unpaired) electrons. The lowest BCUT2D eigenvalue weighted by atomic mass is 9.83. The number of fused-ring (bicyclic) bond motifs is 2. The molecule has 2 aliphatic heterocycles. The zero-order valence-electron chi connectivity index (χ0n) is 16.1. The van der Waals surface area contributed by atoms with Crippen LogP contribution in [0.2, 0.25) is 0 Å². The van der Waals surface area contributed by atoms with Gasteiger partial charge >= 0.3 is 0 Å². The van der Waals surface area contributed by atoms with Crippen LogP contribution in [0.5, 0.6) is 0 Å². The number of carbonyl (C=O) groups is 1. The molecule has 0 aliphatic carbocycles. The predicted octanol–water partition coefficient (Wildman–Crippen LogP) is 3.27. The minimum Gasteiger partial charge on any atom is -0.399 e. The molecule has 6 heteroatoms. The summed E-state index contributed by atoms with van der Waals surface area (Å²) < 4.78 is 1.86. The Hall–Kier alpha value is -3.02. The van der Waals surface area contributed by atoms with Crippen LogP contribution in [0.25, 0.3) is 22.0 Å². The molecule has 1 amide bonds. The van der Waals surface area contributed by atoms with E-state index in [0.717, 1.165) is 53.5 Å². The van der Waals surface area contributed by atoms with E-state index in [0.29, 0.717) is 30.1 Å². The van der Waals surface area contributed by atoms with Crippen LogP contribution in [0.15, 0.2) is 36.4 Å². The summed E-state index contributed by atoms with van der Waals surface area (Å²) in [6.45, 7) is 0.858. The van der Waals surface area contributed by atoms with Crippen LogP contribution >= 0.6 is 0 Å². The van der Waals surface area contributed by atoms with Gasteiger partial charge < -0.3 is 16.4 Å². The maximum Gasteiger partial charge on any atom is 0.222 e. The van der Waals surface area contributed by atoms with Gasteiger partial charge in [0.25, 0.3) is 0 Å². The number of nitrogens with zero attached hydrogens (tertiary/aromatic N) is 3. The molecule has 3 heterocycles. The summed E-state index contributed by atoms with van der Waals surface area (Å²) in [5, 5.41) is 5.45. The fraction of sp³-hybridized carbons (Fsp3) is 0.364. The summed E-state index contributed by atoms with van der Waals surface area (Å²) in [6, 6.07) is 12.8. The first kappa shape index (κ1) is 17.1. The molecule has 0 spiro atoms. The third kappa shape index (κ3) is 2.63. The lowest BCUT2D eigenvalue weighted by molar-refractivity contribution is -0.129. The highest BCUT2D eigenvalue weighted by atomic mass is 16.2. The van der Waals surface area contributed by atoms with Crippen LogP contribution < -0.4 is 11.5 Å². The molecule has 4 N–H and O–H groups in total. The predicted molar refractivity (Wildman–Crippen MR) is 112 cm³/mol. The van der Waals surface area contributed by atoms with Crippen molar-refractivity contribution in [2.45, 2.75) is 37.6 Å². The zero-order chi connectivity index (χ0) is 19.4. The molecule has 1 aromatic heterocycles. The monoisotopic (exact) mass is 375 g/mol. The molecule has 2 aliphatic rings. The Labute approximate surface area is 164 Å². The molecular weight excluding hydrogens is 350 g/mol. The highest BCUT2D eigenvalue weighted by Crippen LogP contribution is 2.41. The van der Waals surface area contributed by atoms with Gasteiger partial charge in [0.15, 0.2) is 5.82 Å². The molecule has 2 aromatic carbocycles. The molecule has 0 bridgehead atoms. The van der Waals surface area contributed by atoms with Gasteiger partial charge in [0.05, 0.1) is 10.9 Å². The van der Waals surface area contributed by atoms with Crippen molar-refractivity contribution in [1.82, 2.24) is 14.7 Å². The second-order valence-corrected chi connectivity index (χ2v) is 8.09. The number of benzene rings is 2. The van der Waals surface area contributed by atoms with Crippen LogP contribution in [-0.2, 0) is 11.8 Å². The molecule has 6 nitrogen and oxygen atoms in total. The van der Waals surface area contributed by atoms with Crippen LogP contribution in [0, 0.1) is 0 Å². The minimum absolute atomic E-state index is 0.320. The van der Waals surface area contributed by atoms with Crippen molar-refractivity contribution in [3.8, 4) is 11.1 Å². The Morgan fingerprint density at radius 3 is 2.68 bits per heavy atom. The van der Waals surface area contributed by atoms with E-state index in [1.165, 1.54) is 5.56 Å². The number of hydrogen-bond acceptors (Lipinski definition) is 4. The average molecular weight is 375 g/mol. The Morgan fingerprint density at radius 2 is 1.89 bits per heavy atom. The Balaban J connectivity index is 1.61. The molecule has 144 valence electrons. The second kappa shape index (κ2) is 6.26. The van der Waals surface area contributed by atoms with Crippen molar-refractivity contribution < 1.29 is 4.79 Å². The first-order valence-corrected chi connectivity index (χ1v) is 9.93. The van der Waals surface area contributed by atoms with E-state index in [9.17, 15) is 4.79 Å². The summed E-state index contributed by atoms with van der Waals surface area (Å²) in [7, 11) is 1.94. The number of nitrogens with two attached hydrogens (primary N) is 2. The number of hydrogen-bond donors (Lipinski definition) is 2. The van der Waals surface area contributed by atoms with Gasteiger partial charge in [0, 0.05) is 31.7 Å². The lowest BCUT2D eigenvalue weighted by Gasteiger charge is -2.35. The number of nitrogen functional groups attached to an aromatic ring is 2. The molecule has 5 rings (SSSR count). The summed E-state index contributed by atoms with van der Waals surface area (Å²) in [5.74, 6) is 1.31. The average Bonchev–Trinajstić information content (AvgIpc) is 3.21. The van der Waals surface area contributed by atoms with Crippen LogP contribution in [0.1, 0.15) is 37.2 Å². The number of aryl methyl sites for hydroxylation is 1. The smallest absolute Gasteiger partial charge is 0.222 e. The maximum absolute atomic E-state index is 12.0. The summed E-state index contributed by atoms with van der Waals surface area (Å²) in [5.41, 5.74) is 17.4. The molecular formula is C22H25N5O. The van der Waals surface area contributed by atoms with E-state index in [1.54, 1.807) is 0 Å². The van der Waals surface area contributed by atoms with E-state index >= 15 is 0 Å². The van der Waals surface area contributed by atoms with E-state index in [4.69, 9.17) is 11.5 Å². The number of anilines is 2. The topological polar surface area (TPSA) is 90.2 Å². The first-order valence-electron chi connectivity index (χ1n) is 9.93. The quantitative estimate of drug-likeness (QED) is 0.673. The molecule has 2 atom stereocenters. The molecule has 0 unspecified atom stereocenters. The molecule has 0 saturated carbocycles. The van der Waals surface area contributed by atoms with Gasteiger partial charge in [0.2, 0.25) is 5.91 Å². The fourth-order valence-corrected chi connectivity index (χ4v) is 4.95.